The van der Waals surface area contributed by atoms with E-state index in [-0.39, 0.29) is 0 Å². The number of hydrogen-bond acceptors (Lipinski definition) is 2. The molecule has 2 heteroatoms. The fourth-order valence-electron chi connectivity index (χ4n) is 3.85. The molecule has 154 valence electrons. The molecular weight excluding hydrogens is 356 g/mol. The summed E-state index contributed by atoms with van der Waals surface area (Å²) in [4.78, 5) is 0. The second-order valence-corrected chi connectivity index (χ2v) is 8.26. The predicted octanol–water partition coefficient (Wildman–Crippen LogP) is 7.48. The van der Waals surface area contributed by atoms with Crippen LogP contribution in [0.15, 0.2) is 60.4 Å². The second-order valence-electron chi connectivity index (χ2n) is 8.26. The molecule has 2 aromatic rings. The van der Waals surface area contributed by atoms with Crippen LogP contribution in [-0.4, -0.2) is 5.11 Å². The van der Waals surface area contributed by atoms with Crippen LogP contribution < -0.4 is 4.74 Å². The Morgan fingerprint density at radius 2 is 1.90 bits per heavy atom. The Labute approximate surface area is 175 Å². The minimum Gasteiger partial charge on any atom is -0.512 e. The van der Waals surface area contributed by atoms with Gasteiger partial charge in [-0.2, -0.15) is 0 Å². The van der Waals surface area contributed by atoms with Crippen LogP contribution in [0.1, 0.15) is 69.2 Å². The maximum atomic E-state index is 10.6. The van der Waals surface area contributed by atoms with E-state index < -0.39 is 0 Å². The van der Waals surface area contributed by atoms with Crippen LogP contribution in [0.4, 0.5) is 0 Å². The molecule has 2 aromatic carbocycles. The van der Waals surface area contributed by atoms with Crippen molar-refractivity contribution < 1.29 is 9.84 Å². The minimum atomic E-state index is 0.371. The molecule has 1 heterocycles. The number of allylic oxidation sites excluding steroid dienone is 3. The Morgan fingerprint density at radius 1 is 1.10 bits per heavy atom. The van der Waals surface area contributed by atoms with Crippen molar-refractivity contribution in [1.29, 1.82) is 0 Å². The van der Waals surface area contributed by atoms with Crippen molar-refractivity contribution in [3.63, 3.8) is 0 Å². The monoisotopic (exact) mass is 390 g/mol. The average molecular weight is 391 g/mol. The highest BCUT2D eigenvalue weighted by molar-refractivity contribution is 5.85. The molecule has 1 aliphatic heterocycles. The number of rotatable bonds is 7. The van der Waals surface area contributed by atoms with Crippen LogP contribution >= 0.6 is 0 Å². The molecule has 0 aliphatic carbocycles. The summed E-state index contributed by atoms with van der Waals surface area (Å²) in [6.07, 6.45) is 8.16. The van der Waals surface area contributed by atoms with E-state index in [0.29, 0.717) is 30.6 Å². The molecule has 0 saturated carbocycles. The van der Waals surface area contributed by atoms with Crippen LogP contribution in [0, 0.1) is 11.8 Å². The number of aliphatic hydroxyl groups excluding tert-OH is 1. The predicted molar refractivity (Wildman–Crippen MR) is 122 cm³/mol. The normalized spacial score (nSPS) is 17.1. The fourth-order valence-corrected chi connectivity index (χ4v) is 3.85. The third-order valence-corrected chi connectivity index (χ3v) is 6.04. The number of aliphatic hydroxyl groups is 1. The zero-order valence-electron chi connectivity index (χ0n) is 18.2. The number of unbranched alkanes of at least 4 members (excludes halogenated alkanes) is 1. The van der Waals surface area contributed by atoms with Crippen molar-refractivity contribution in [2.75, 3.05) is 0 Å². The molecule has 0 amide bonds. The first-order valence-electron chi connectivity index (χ1n) is 11.0. The molecule has 0 saturated heterocycles. The quantitative estimate of drug-likeness (QED) is 0.497. The number of ether oxygens (including phenoxy) is 1. The lowest BCUT2D eigenvalue weighted by atomic mass is 9.91. The van der Waals surface area contributed by atoms with Crippen LogP contribution in [0.25, 0.3) is 5.57 Å². The highest BCUT2D eigenvalue weighted by atomic mass is 16.5. The Hall–Kier alpha value is -2.48. The van der Waals surface area contributed by atoms with E-state index in [1.807, 2.05) is 6.08 Å². The van der Waals surface area contributed by atoms with Gasteiger partial charge in [0, 0.05) is 12.0 Å². The topological polar surface area (TPSA) is 29.5 Å². The summed E-state index contributed by atoms with van der Waals surface area (Å²) in [6.45, 7) is 9.40. The SMILES string of the molecule is CCC/C=C1/c2ccccc2COc2ccc(CC(O)=CC(C)C(C)CC)cc21. The molecule has 29 heavy (non-hydrogen) atoms. The third kappa shape index (κ3) is 5.12. The van der Waals surface area contributed by atoms with Crippen molar-refractivity contribution in [2.45, 2.75) is 60.0 Å². The van der Waals surface area contributed by atoms with E-state index in [4.69, 9.17) is 4.74 Å². The third-order valence-electron chi connectivity index (χ3n) is 6.04. The molecular formula is C27H34O2. The van der Waals surface area contributed by atoms with Gasteiger partial charge >= 0.3 is 0 Å². The Kier molecular flexibility index (Phi) is 7.19. The smallest absolute Gasteiger partial charge is 0.127 e. The van der Waals surface area contributed by atoms with E-state index >= 15 is 0 Å². The highest BCUT2D eigenvalue weighted by Crippen LogP contribution is 2.38. The number of benzene rings is 2. The van der Waals surface area contributed by atoms with Gasteiger partial charge in [0.2, 0.25) is 0 Å². The summed E-state index contributed by atoms with van der Waals surface area (Å²) in [5, 5.41) is 10.6. The average Bonchev–Trinajstić information content (AvgIpc) is 2.88. The molecule has 0 bridgehead atoms. The lowest BCUT2D eigenvalue weighted by Crippen LogP contribution is -2.05. The summed E-state index contributed by atoms with van der Waals surface area (Å²) in [5.41, 5.74) is 5.95. The fraction of sp³-hybridized carbons (Fsp3) is 0.407. The summed E-state index contributed by atoms with van der Waals surface area (Å²) in [6, 6.07) is 14.8. The summed E-state index contributed by atoms with van der Waals surface area (Å²) < 4.78 is 6.14. The lowest BCUT2D eigenvalue weighted by Gasteiger charge is -2.15. The van der Waals surface area contributed by atoms with Crippen molar-refractivity contribution in [3.05, 3.63) is 82.6 Å². The van der Waals surface area contributed by atoms with Crippen molar-refractivity contribution in [1.82, 2.24) is 0 Å². The summed E-state index contributed by atoms with van der Waals surface area (Å²) in [5.74, 6) is 2.31. The van der Waals surface area contributed by atoms with Gasteiger partial charge in [0.25, 0.3) is 0 Å². The van der Waals surface area contributed by atoms with E-state index in [9.17, 15) is 5.11 Å². The van der Waals surface area contributed by atoms with Gasteiger partial charge in [0.1, 0.15) is 12.4 Å². The van der Waals surface area contributed by atoms with Gasteiger partial charge in [-0.25, -0.2) is 0 Å². The van der Waals surface area contributed by atoms with Crippen molar-refractivity contribution in [3.8, 4) is 5.75 Å². The van der Waals surface area contributed by atoms with E-state index in [1.54, 1.807) is 0 Å². The van der Waals surface area contributed by atoms with Gasteiger partial charge in [-0.05, 0) is 58.7 Å². The number of fused-ring (bicyclic) bond motifs is 2. The van der Waals surface area contributed by atoms with Crippen LogP contribution in [-0.2, 0) is 13.0 Å². The summed E-state index contributed by atoms with van der Waals surface area (Å²) in [7, 11) is 0. The standard InChI is InChI=1S/C27H34O2/c1-5-7-11-25-24-12-9-8-10-22(24)18-29-27-14-13-21(17-26(25)27)16-23(28)15-20(4)19(3)6-2/h8-15,17,19-20,28H,5-7,16,18H2,1-4H3/b23-15?,25-11-. The number of hydrogen-bond donors (Lipinski definition) is 1. The van der Waals surface area contributed by atoms with Gasteiger partial charge in [0.05, 0.1) is 5.76 Å². The Bertz CT molecular complexity index is 891. The minimum absolute atomic E-state index is 0.371. The van der Waals surface area contributed by atoms with Gasteiger partial charge in [-0.1, -0.05) is 76.9 Å². The van der Waals surface area contributed by atoms with Crippen LogP contribution in [0.2, 0.25) is 0 Å². The molecule has 0 radical (unpaired) electrons. The first kappa shape index (κ1) is 21.2. The highest BCUT2D eigenvalue weighted by Gasteiger charge is 2.19. The first-order valence-corrected chi connectivity index (χ1v) is 11.0. The second kappa shape index (κ2) is 9.82. The van der Waals surface area contributed by atoms with Crippen LogP contribution in [0.5, 0.6) is 5.75 Å². The lowest BCUT2D eigenvalue weighted by molar-refractivity contribution is 0.307. The largest absolute Gasteiger partial charge is 0.512 e. The molecule has 2 nitrogen and oxygen atoms in total. The van der Waals surface area contributed by atoms with E-state index in [2.05, 4.69) is 76.2 Å². The van der Waals surface area contributed by atoms with E-state index in [0.717, 1.165) is 36.1 Å². The van der Waals surface area contributed by atoms with Crippen molar-refractivity contribution >= 4 is 5.57 Å². The summed E-state index contributed by atoms with van der Waals surface area (Å²) >= 11 is 0. The maximum absolute atomic E-state index is 10.6. The molecule has 0 aromatic heterocycles. The maximum Gasteiger partial charge on any atom is 0.127 e. The van der Waals surface area contributed by atoms with E-state index in [1.165, 1.54) is 16.7 Å². The van der Waals surface area contributed by atoms with Crippen molar-refractivity contribution in [2.24, 2.45) is 11.8 Å². The van der Waals surface area contributed by atoms with Gasteiger partial charge in [0.15, 0.2) is 0 Å². The molecule has 3 rings (SSSR count). The van der Waals surface area contributed by atoms with Gasteiger partial charge < -0.3 is 9.84 Å². The zero-order chi connectivity index (χ0) is 20.8. The molecule has 2 unspecified atom stereocenters. The molecule has 0 spiro atoms. The molecule has 2 atom stereocenters. The van der Waals surface area contributed by atoms with Gasteiger partial charge in [-0.15, -0.1) is 0 Å². The van der Waals surface area contributed by atoms with Crippen LogP contribution in [0.3, 0.4) is 0 Å². The Morgan fingerprint density at radius 3 is 2.66 bits per heavy atom. The first-order chi connectivity index (χ1) is 14.0. The zero-order valence-corrected chi connectivity index (χ0v) is 18.2. The molecule has 1 N–H and O–H groups in total. The molecule has 1 aliphatic rings. The Balaban J connectivity index is 1.95. The van der Waals surface area contributed by atoms with Gasteiger partial charge in [-0.3, -0.25) is 0 Å². The molecule has 0 fully saturated rings.